The normalized spacial score (nSPS) is 5.83. The standard InChI is InChI=1S/C5H11NO.C2H6.2CH4.B/c1-4(2)6-5(3)7;1-2;;;/h4H,1-3H3,(H,6,7);1-2H3;2*1H4;. The second kappa shape index (κ2) is 22.4. The van der Waals surface area contributed by atoms with E-state index in [0.29, 0.717) is 0 Å². The zero-order chi connectivity index (χ0) is 7.86. The number of hydrogen-bond acceptors (Lipinski definition) is 1. The van der Waals surface area contributed by atoms with Gasteiger partial charge in [-0.15, -0.1) is 0 Å². The molecule has 0 aromatic heterocycles. The van der Waals surface area contributed by atoms with Crippen molar-refractivity contribution in [2.75, 3.05) is 0 Å². The van der Waals surface area contributed by atoms with Gasteiger partial charge in [0.25, 0.3) is 0 Å². The summed E-state index contributed by atoms with van der Waals surface area (Å²) in [6.07, 6.45) is 0. The van der Waals surface area contributed by atoms with Crippen molar-refractivity contribution in [3.8, 4) is 0 Å². The average molecular weight is 174 g/mol. The Morgan fingerprint density at radius 3 is 1.42 bits per heavy atom. The lowest BCUT2D eigenvalue weighted by molar-refractivity contribution is -0.119. The number of carbonyl (C=O) groups is 1. The number of rotatable bonds is 1. The van der Waals surface area contributed by atoms with Gasteiger partial charge in [-0.1, -0.05) is 28.7 Å². The molecular weight excluding hydrogens is 149 g/mol. The van der Waals surface area contributed by atoms with Crippen LogP contribution in [-0.2, 0) is 4.79 Å². The summed E-state index contributed by atoms with van der Waals surface area (Å²) in [5, 5.41) is 2.67. The van der Waals surface area contributed by atoms with Gasteiger partial charge in [-0.3, -0.25) is 4.79 Å². The van der Waals surface area contributed by atoms with E-state index in [1.54, 1.807) is 0 Å². The van der Waals surface area contributed by atoms with Crippen LogP contribution in [0.25, 0.3) is 0 Å². The predicted molar refractivity (Wildman–Crippen MR) is 59.5 cm³/mol. The Bertz CT molecular complexity index is 74.9. The largest absolute Gasteiger partial charge is 0.354 e. The molecule has 0 fully saturated rings. The van der Waals surface area contributed by atoms with Crippen molar-refractivity contribution in [3.63, 3.8) is 0 Å². The van der Waals surface area contributed by atoms with Gasteiger partial charge in [0.15, 0.2) is 0 Å². The summed E-state index contributed by atoms with van der Waals surface area (Å²) in [5.41, 5.74) is 0. The molecule has 0 aromatic rings. The highest BCUT2D eigenvalue weighted by Crippen LogP contribution is 1.72. The first-order valence-electron chi connectivity index (χ1n) is 3.40. The van der Waals surface area contributed by atoms with Gasteiger partial charge in [-0.25, -0.2) is 0 Å². The minimum Gasteiger partial charge on any atom is -0.354 e. The molecule has 1 amide bonds. The van der Waals surface area contributed by atoms with Crippen molar-refractivity contribution in [3.05, 3.63) is 0 Å². The van der Waals surface area contributed by atoms with Crippen molar-refractivity contribution >= 4 is 14.3 Å². The molecule has 0 bridgehead atoms. The molecule has 0 rings (SSSR count). The van der Waals surface area contributed by atoms with Crippen LogP contribution < -0.4 is 5.32 Å². The Morgan fingerprint density at radius 2 is 1.42 bits per heavy atom. The fraction of sp³-hybridized carbons (Fsp3) is 0.889. The summed E-state index contributed by atoms with van der Waals surface area (Å²) in [7, 11) is 0. The average Bonchev–Trinajstić information content (AvgIpc) is 1.68. The van der Waals surface area contributed by atoms with Gasteiger partial charge in [0.1, 0.15) is 0 Å². The van der Waals surface area contributed by atoms with E-state index in [9.17, 15) is 4.79 Å². The molecule has 3 heteroatoms. The first kappa shape index (κ1) is 30.0. The third-order valence-corrected chi connectivity index (χ3v) is 0.492. The maximum Gasteiger partial charge on any atom is 0.217 e. The van der Waals surface area contributed by atoms with Crippen LogP contribution in [0.4, 0.5) is 0 Å². The van der Waals surface area contributed by atoms with Crippen LogP contribution in [0.5, 0.6) is 0 Å². The van der Waals surface area contributed by atoms with Crippen LogP contribution in [0, 0.1) is 0 Å². The molecule has 0 unspecified atom stereocenters. The van der Waals surface area contributed by atoms with Crippen molar-refractivity contribution in [2.24, 2.45) is 0 Å². The molecule has 0 heterocycles. The van der Waals surface area contributed by atoms with Gasteiger partial charge < -0.3 is 5.32 Å². The molecule has 0 aromatic carbocycles. The van der Waals surface area contributed by atoms with E-state index in [-0.39, 0.29) is 35.2 Å². The lowest BCUT2D eigenvalue weighted by Gasteiger charge is -2.02. The van der Waals surface area contributed by atoms with E-state index in [1.807, 2.05) is 27.7 Å². The SMILES string of the molecule is C.C.CC.CC(=O)NC(C)C.[B]. The molecule has 0 spiro atoms. The minimum atomic E-state index is 0. The maximum atomic E-state index is 10.1. The molecular formula is C9H25BNO. The Hall–Kier alpha value is -0.465. The summed E-state index contributed by atoms with van der Waals surface area (Å²) in [6.45, 7) is 9.38. The van der Waals surface area contributed by atoms with E-state index in [0.717, 1.165) is 0 Å². The lowest BCUT2D eigenvalue weighted by atomic mass is 10.4. The second-order valence-electron chi connectivity index (χ2n) is 1.86. The summed E-state index contributed by atoms with van der Waals surface area (Å²) in [6, 6.07) is 0.275. The Morgan fingerprint density at radius 1 is 1.17 bits per heavy atom. The molecule has 1 N–H and O–H groups in total. The number of amides is 1. The van der Waals surface area contributed by atoms with Gasteiger partial charge in [0.2, 0.25) is 5.91 Å². The molecule has 0 aliphatic heterocycles. The molecule has 2 nitrogen and oxygen atoms in total. The molecule has 0 atom stereocenters. The fourth-order valence-electron chi connectivity index (χ4n) is 0.407. The van der Waals surface area contributed by atoms with Crippen molar-refractivity contribution < 1.29 is 4.79 Å². The van der Waals surface area contributed by atoms with E-state index >= 15 is 0 Å². The molecule has 12 heavy (non-hydrogen) atoms. The summed E-state index contributed by atoms with van der Waals surface area (Å²) < 4.78 is 0. The predicted octanol–water partition coefficient (Wildman–Crippen LogP) is 2.45. The van der Waals surface area contributed by atoms with E-state index in [4.69, 9.17) is 0 Å². The molecule has 0 aliphatic rings. The van der Waals surface area contributed by atoms with Crippen LogP contribution in [-0.4, -0.2) is 20.4 Å². The zero-order valence-corrected chi connectivity index (χ0v) is 7.56. The fourth-order valence-corrected chi connectivity index (χ4v) is 0.407. The Kier molecular flexibility index (Phi) is 56.0. The lowest BCUT2D eigenvalue weighted by Crippen LogP contribution is -2.27. The highest BCUT2D eigenvalue weighted by Gasteiger charge is 1.90. The van der Waals surface area contributed by atoms with Crippen molar-refractivity contribution in [1.29, 1.82) is 0 Å². The maximum absolute atomic E-state index is 10.1. The molecule has 0 saturated carbocycles. The van der Waals surface area contributed by atoms with Crippen molar-refractivity contribution in [1.82, 2.24) is 5.32 Å². The van der Waals surface area contributed by atoms with Gasteiger partial charge in [-0.05, 0) is 13.8 Å². The van der Waals surface area contributed by atoms with E-state index in [2.05, 4.69) is 5.32 Å². The highest BCUT2D eigenvalue weighted by molar-refractivity contribution is 5.75. The van der Waals surface area contributed by atoms with Crippen LogP contribution in [0.2, 0.25) is 0 Å². The van der Waals surface area contributed by atoms with Gasteiger partial charge in [0.05, 0.1) is 0 Å². The summed E-state index contributed by atoms with van der Waals surface area (Å²) in [4.78, 5) is 10.1. The third-order valence-electron chi connectivity index (χ3n) is 0.492. The van der Waals surface area contributed by atoms with Crippen LogP contribution in [0.3, 0.4) is 0 Å². The molecule has 75 valence electrons. The number of nitrogens with one attached hydrogen (secondary N) is 1. The second-order valence-corrected chi connectivity index (χ2v) is 1.86. The monoisotopic (exact) mass is 174 g/mol. The zero-order valence-electron chi connectivity index (χ0n) is 7.56. The van der Waals surface area contributed by atoms with Crippen LogP contribution in [0.1, 0.15) is 49.5 Å². The van der Waals surface area contributed by atoms with E-state index in [1.165, 1.54) is 6.92 Å². The molecule has 3 radical (unpaired) electrons. The van der Waals surface area contributed by atoms with Gasteiger partial charge in [0, 0.05) is 21.4 Å². The number of carbonyl (C=O) groups excluding carboxylic acids is 1. The minimum absolute atomic E-state index is 0. The topological polar surface area (TPSA) is 29.1 Å². The Labute approximate surface area is 80.7 Å². The number of hydrogen-bond donors (Lipinski definition) is 1. The smallest absolute Gasteiger partial charge is 0.217 e. The first-order chi connectivity index (χ1) is 4.13. The molecule has 0 aliphatic carbocycles. The quantitative estimate of drug-likeness (QED) is 0.608. The van der Waals surface area contributed by atoms with Crippen LogP contribution in [0.15, 0.2) is 0 Å². The van der Waals surface area contributed by atoms with Crippen molar-refractivity contribution in [2.45, 2.75) is 55.5 Å². The molecule has 0 saturated heterocycles. The Balaban J connectivity index is -0.0000000303. The van der Waals surface area contributed by atoms with E-state index < -0.39 is 0 Å². The first-order valence-corrected chi connectivity index (χ1v) is 3.40. The summed E-state index contributed by atoms with van der Waals surface area (Å²) in [5.74, 6) is 0.0370. The third kappa shape index (κ3) is 55.6. The summed E-state index contributed by atoms with van der Waals surface area (Å²) >= 11 is 0. The van der Waals surface area contributed by atoms with Gasteiger partial charge >= 0.3 is 0 Å². The highest BCUT2D eigenvalue weighted by atomic mass is 16.1. The van der Waals surface area contributed by atoms with Gasteiger partial charge in [-0.2, -0.15) is 0 Å². The van der Waals surface area contributed by atoms with Crippen LogP contribution >= 0.6 is 0 Å².